The average molecular weight is 288 g/mol. The van der Waals surface area contributed by atoms with Gasteiger partial charge < -0.3 is 10.6 Å². The molecule has 2 heterocycles. The topological polar surface area (TPSA) is 85.2 Å². The minimum atomic E-state index is -0.852. The van der Waals surface area contributed by atoms with Gasteiger partial charge in [-0.1, -0.05) is 6.07 Å². The predicted molar refractivity (Wildman–Crippen MR) is 70.4 cm³/mol. The van der Waals surface area contributed by atoms with E-state index in [2.05, 4.69) is 10.6 Å². The molecule has 0 radical (unpaired) electrons. The number of amides is 3. The third kappa shape index (κ3) is 2.14. The number of benzene rings is 1. The third-order valence-corrected chi connectivity index (χ3v) is 3.89. The first-order valence-corrected chi connectivity index (χ1v) is 6.59. The van der Waals surface area contributed by atoms with Crippen LogP contribution in [-0.2, 0) is 11.3 Å². The molecule has 1 atom stereocenters. The summed E-state index contributed by atoms with van der Waals surface area (Å²) in [5.74, 6) is -0.893. The zero-order chi connectivity index (χ0) is 15.0. The van der Waals surface area contributed by atoms with Gasteiger partial charge in [0.05, 0.1) is 12.1 Å². The van der Waals surface area contributed by atoms with Gasteiger partial charge in [0.1, 0.15) is 17.4 Å². The van der Waals surface area contributed by atoms with E-state index in [1.54, 1.807) is 6.07 Å². The number of urea groups is 1. The van der Waals surface area contributed by atoms with Gasteiger partial charge in [-0.25, -0.2) is 9.18 Å². The first kappa shape index (κ1) is 13.5. The maximum absolute atomic E-state index is 13.3. The van der Waals surface area contributed by atoms with Crippen LogP contribution in [0.5, 0.6) is 0 Å². The summed E-state index contributed by atoms with van der Waals surface area (Å²) < 4.78 is 13.3. The molecule has 2 N–H and O–H groups in total. The number of nitrogens with zero attached hydrogens (tertiary/aromatic N) is 2. The normalized spacial score (nSPS) is 24.5. The highest BCUT2D eigenvalue weighted by Gasteiger charge is 2.52. The minimum Gasteiger partial charge on any atom is -0.322 e. The van der Waals surface area contributed by atoms with E-state index in [0.717, 1.165) is 4.90 Å². The van der Waals surface area contributed by atoms with Crippen molar-refractivity contribution in [3.63, 3.8) is 0 Å². The molecule has 0 aromatic heterocycles. The van der Waals surface area contributed by atoms with E-state index >= 15 is 0 Å². The van der Waals surface area contributed by atoms with Crippen LogP contribution in [0.1, 0.15) is 17.5 Å². The van der Waals surface area contributed by atoms with Crippen LogP contribution in [-0.4, -0.2) is 35.5 Å². The summed E-state index contributed by atoms with van der Waals surface area (Å²) in [7, 11) is 0. The number of halogens is 1. The third-order valence-electron chi connectivity index (χ3n) is 3.89. The lowest BCUT2D eigenvalue weighted by atomic mass is 9.99. The fourth-order valence-corrected chi connectivity index (χ4v) is 2.74. The highest BCUT2D eigenvalue weighted by molar-refractivity contribution is 6.07. The Bertz CT molecular complexity index is 661. The van der Waals surface area contributed by atoms with Crippen LogP contribution < -0.4 is 10.6 Å². The standard InChI is InChI=1S/C14H13FN4O2/c15-11-2-1-9(5-10(11)6-16)7-19-12(20)14(18-13(19)21)3-4-17-8-14/h1-2,5,17H,3-4,7-8H2,(H,18,21). The van der Waals surface area contributed by atoms with Gasteiger partial charge in [-0.15, -0.1) is 0 Å². The van der Waals surface area contributed by atoms with Gasteiger partial charge in [0, 0.05) is 6.54 Å². The largest absolute Gasteiger partial charge is 0.325 e. The van der Waals surface area contributed by atoms with Crippen LogP contribution in [0.3, 0.4) is 0 Å². The Kier molecular flexibility index (Phi) is 3.11. The van der Waals surface area contributed by atoms with E-state index in [4.69, 9.17) is 5.26 Å². The smallest absolute Gasteiger partial charge is 0.322 e. The molecular weight excluding hydrogens is 275 g/mol. The van der Waals surface area contributed by atoms with Crippen LogP contribution in [0.4, 0.5) is 9.18 Å². The van der Waals surface area contributed by atoms with Crippen LogP contribution >= 0.6 is 0 Å². The molecule has 6 nitrogen and oxygen atoms in total. The fourth-order valence-electron chi connectivity index (χ4n) is 2.74. The summed E-state index contributed by atoms with van der Waals surface area (Å²) in [6.45, 7) is 1.12. The predicted octanol–water partition coefficient (Wildman–Crippen LogP) is 0.481. The van der Waals surface area contributed by atoms with E-state index in [0.29, 0.717) is 25.1 Å². The Morgan fingerprint density at radius 2 is 2.24 bits per heavy atom. The van der Waals surface area contributed by atoms with Crippen molar-refractivity contribution in [3.8, 4) is 6.07 Å². The number of hydrogen-bond acceptors (Lipinski definition) is 4. The SMILES string of the molecule is N#Cc1cc(CN2C(=O)NC3(CCNC3)C2=O)ccc1F. The van der Waals surface area contributed by atoms with Crippen molar-refractivity contribution < 1.29 is 14.0 Å². The minimum absolute atomic E-state index is 0.0291. The molecule has 2 saturated heterocycles. The van der Waals surface area contributed by atoms with Gasteiger partial charge in [-0.2, -0.15) is 5.26 Å². The second-order valence-electron chi connectivity index (χ2n) is 5.26. The number of rotatable bonds is 2. The van der Waals surface area contributed by atoms with Crippen molar-refractivity contribution in [2.45, 2.75) is 18.5 Å². The Morgan fingerprint density at radius 3 is 2.90 bits per heavy atom. The number of carbonyl (C=O) groups is 2. The van der Waals surface area contributed by atoms with Crippen molar-refractivity contribution >= 4 is 11.9 Å². The zero-order valence-corrected chi connectivity index (χ0v) is 11.1. The molecule has 1 spiro atoms. The summed E-state index contributed by atoms with van der Waals surface area (Å²) in [6, 6.07) is 5.28. The van der Waals surface area contributed by atoms with Crippen molar-refractivity contribution in [3.05, 3.63) is 35.1 Å². The lowest BCUT2D eigenvalue weighted by molar-refractivity contribution is -0.131. The second kappa shape index (κ2) is 4.82. The molecular formula is C14H13FN4O2. The molecule has 3 rings (SSSR count). The number of hydrogen-bond donors (Lipinski definition) is 2. The molecule has 0 saturated carbocycles. The summed E-state index contributed by atoms with van der Waals surface area (Å²) in [4.78, 5) is 25.5. The van der Waals surface area contributed by atoms with Crippen LogP contribution in [0.15, 0.2) is 18.2 Å². The number of carbonyl (C=O) groups excluding carboxylic acids is 2. The first-order chi connectivity index (χ1) is 10.1. The fraction of sp³-hybridized carbons (Fsp3) is 0.357. The van der Waals surface area contributed by atoms with Crippen molar-refractivity contribution in [2.24, 2.45) is 0 Å². The number of imide groups is 1. The van der Waals surface area contributed by atoms with Gasteiger partial charge in [-0.05, 0) is 30.7 Å². The molecule has 108 valence electrons. The summed E-state index contributed by atoms with van der Waals surface area (Å²) in [5, 5.41) is 14.6. The summed E-state index contributed by atoms with van der Waals surface area (Å²) in [5.41, 5.74) is -0.411. The Labute approximate surface area is 120 Å². The van der Waals surface area contributed by atoms with Gasteiger partial charge in [-0.3, -0.25) is 9.69 Å². The average Bonchev–Trinajstić information content (AvgIpc) is 3.02. The molecule has 1 aromatic rings. The van der Waals surface area contributed by atoms with E-state index in [9.17, 15) is 14.0 Å². The molecule has 7 heteroatoms. The molecule has 3 amide bonds. The highest BCUT2D eigenvalue weighted by Crippen LogP contribution is 2.25. The van der Waals surface area contributed by atoms with Crippen LogP contribution in [0, 0.1) is 17.1 Å². The molecule has 1 unspecified atom stereocenters. The summed E-state index contributed by atoms with van der Waals surface area (Å²) in [6.07, 6.45) is 0.556. The first-order valence-electron chi connectivity index (χ1n) is 6.59. The Balaban J connectivity index is 1.84. The molecule has 2 aliphatic heterocycles. The van der Waals surface area contributed by atoms with Gasteiger partial charge in [0.2, 0.25) is 0 Å². The van der Waals surface area contributed by atoms with Crippen molar-refractivity contribution in [2.75, 3.05) is 13.1 Å². The van der Waals surface area contributed by atoms with Gasteiger partial charge in [0.15, 0.2) is 0 Å². The van der Waals surface area contributed by atoms with Crippen molar-refractivity contribution in [1.29, 1.82) is 5.26 Å². The quantitative estimate of drug-likeness (QED) is 0.775. The number of nitrogens with one attached hydrogen (secondary N) is 2. The monoisotopic (exact) mass is 288 g/mol. The Morgan fingerprint density at radius 1 is 1.43 bits per heavy atom. The van der Waals surface area contributed by atoms with E-state index in [1.807, 2.05) is 0 Å². The van der Waals surface area contributed by atoms with Gasteiger partial charge in [0.25, 0.3) is 5.91 Å². The molecule has 0 bridgehead atoms. The maximum atomic E-state index is 13.3. The molecule has 1 aromatic carbocycles. The highest BCUT2D eigenvalue weighted by atomic mass is 19.1. The molecule has 2 fully saturated rings. The second-order valence-corrected chi connectivity index (χ2v) is 5.26. The van der Waals surface area contributed by atoms with Crippen LogP contribution in [0.25, 0.3) is 0 Å². The van der Waals surface area contributed by atoms with E-state index in [-0.39, 0.29) is 18.0 Å². The molecule has 21 heavy (non-hydrogen) atoms. The molecule has 2 aliphatic rings. The lowest BCUT2D eigenvalue weighted by Crippen LogP contribution is -2.48. The number of nitriles is 1. The van der Waals surface area contributed by atoms with E-state index in [1.165, 1.54) is 18.2 Å². The van der Waals surface area contributed by atoms with Gasteiger partial charge >= 0.3 is 6.03 Å². The zero-order valence-electron chi connectivity index (χ0n) is 11.1. The molecule has 0 aliphatic carbocycles. The Hall–Kier alpha value is -2.46. The van der Waals surface area contributed by atoms with Crippen molar-refractivity contribution in [1.82, 2.24) is 15.5 Å². The summed E-state index contributed by atoms with van der Waals surface area (Å²) >= 11 is 0. The van der Waals surface area contributed by atoms with Crippen LogP contribution in [0.2, 0.25) is 0 Å². The maximum Gasteiger partial charge on any atom is 0.325 e. The lowest BCUT2D eigenvalue weighted by Gasteiger charge is -2.19. The van der Waals surface area contributed by atoms with E-state index < -0.39 is 17.4 Å².